The van der Waals surface area contributed by atoms with Crippen molar-refractivity contribution >= 4 is 0 Å². The summed E-state index contributed by atoms with van der Waals surface area (Å²) in [4.78, 5) is 0. The second-order valence-electron chi connectivity index (χ2n) is 5.81. The molecule has 1 nitrogen and oxygen atoms in total. The SMILES string of the molecule is CC(C)(C)c1ccc(OCc2ccc(F)c(F)c2)cc1. The third kappa shape index (κ3) is 3.56. The largest absolute Gasteiger partial charge is 0.489 e. The van der Waals surface area contributed by atoms with Crippen LogP contribution in [-0.2, 0) is 12.0 Å². The van der Waals surface area contributed by atoms with Gasteiger partial charge < -0.3 is 4.74 Å². The highest BCUT2D eigenvalue weighted by Gasteiger charge is 2.13. The number of rotatable bonds is 3. The number of ether oxygens (including phenoxy) is 1. The zero-order valence-corrected chi connectivity index (χ0v) is 11.9. The average Bonchev–Trinajstić information content (AvgIpc) is 2.40. The molecule has 106 valence electrons. The fraction of sp³-hybridized carbons (Fsp3) is 0.294. The van der Waals surface area contributed by atoms with Crippen molar-refractivity contribution in [1.82, 2.24) is 0 Å². The van der Waals surface area contributed by atoms with Gasteiger partial charge in [0.05, 0.1) is 0 Å². The van der Waals surface area contributed by atoms with E-state index in [-0.39, 0.29) is 12.0 Å². The number of halogens is 2. The molecule has 2 aromatic carbocycles. The molecule has 0 saturated heterocycles. The van der Waals surface area contributed by atoms with Crippen LogP contribution in [0, 0.1) is 11.6 Å². The minimum absolute atomic E-state index is 0.0958. The van der Waals surface area contributed by atoms with Crippen molar-refractivity contribution in [2.24, 2.45) is 0 Å². The Kier molecular flexibility index (Phi) is 4.07. The van der Waals surface area contributed by atoms with Gasteiger partial charge in [-0.05, 0) is 40.8 Å². The quantitative estimate of drug-likeness (QED) is 0.779. The molecule has 0 saturated carbocycles. The smallest absolute Gasteiger partial charge is 0.159 e. The van der Waals surface area contributed by atoms with Crippen LogP contribution < -0.4 is 4.74 Å². The fourth-order valence-electron chi connectivity index (χ4n) is 1.85. The van der Waals surface area contributed by atoms with Crippen LogP contribution in [0.5, 0.6) is 5.75 Å². The van der Waals surface area contributed by atoms with Crippen molar-refractivity contribution in [3.05, 3.63) is 65.2 Å². The van der Waals surface area contributed by atoms with E-state index >= 15 is 0 Å². The summed E-state index contributed by atoms with van der Waals surface area (Å²) in [5.41, 5.74) is 1.92. The molecule has 0 aliphatic heterocycles. The minimum atomic E-state index is -0.853. The minimum Gasteiger partial charge on any atom is -0.489 e. The van der Waals surface area contributed by atoms with Crippen molar-refractivity contribution < 1.29 is 13.5 Å². The summed E-state index contributed by atoms with van der Waals surface area (Å²) in [6.45, 7) is 6.64. The topological polar surface area (TPSA) is 9.23 Å². The number of hydrogen-bond acceptors (Lipinski definition) is 1. The molecule has 0 bridgehead atoms. The van der Waals surface area contributed by atoms with Crippen LogP contribution in [-0.4, -0.2) is 0 Å². The second-order valence-corrected chi connectivity index (χ2v) is 5.81. The third-order valence-corrected chi connectivity index (χ3v) is 3.11. The van der Waals surface area contributed by atoms with E-state index < -0.39 is 11.6 Å². The van der Waals surface area contributed by atoms with Crippen LogP contribution in [0.1, 0.15) is 31.9 Å². The highest BCUT2D eigenvalue weighted by Crippen LogP contribution is 2.24. The van der Waals surface area contributed by atoms with Gasteiger partial charge in [-0.15, -0.1) is 0 Å². The van der Waals surface area contributed by atoms with Crippen molar-refractivity contribution in [3.8, 4) is 5.75 Å². The maximum absolute atomic E-state index is 13.1. The van der Waals surface area contributed by atoms with Gasteiger partial charge in [0.1, 0.15) is 12.4 Å². The lowest BCUT2D eigenvalue weighted by Crippen LogP contribution is -2.10. The molecule has 0 atom stereocenters. The zero-order chi connectivity index (χ0) is 14.8. The summed E-state index contributed by atoms with van der Waals surface area (Å²) in [7, 11) is 0. The Labute approximate surface area is 118 Å². The lowest BCUT2D eigenvalue weighted by atomic mass is 9.87. The highest BCUT2D eigenvalue weighted by molar-refractivity contribution is 5.31. The van der Waals surface area contributed by atoms with Gasteiger partial charge in [-0.25, -0.2) is 8.78 Å². The van der Waals surface area contributed by atoms with Gasteiger partial charge in [-0.1, -0.05) is 39.0 Å². The first-order valence-electron chi connectivity index (χ1n) is 6.53. The monoisotopic (exact) mass is 276 g/mol. The molecule has 3 heteroatoms. The number of benzene rings is 2. The van der Waals surface area contributed by atoms with Crippen molar-refractivity contribution in [3.63, 3.8) is 0 Å². The van der Waals surface area contributed by atoms with Crippen molar-refractivity contribution in [2.75, 3.05) is 0 Å². The van der Waals surface area contributed by atoms with Crippen LogP contribution in [0.3, 0.4) is 0 Å². The Morgan fingerprint density at radius 2 is 1.55 bits per heavy atom. The Hall–Kier alpha value is -1.90. The molecule has 0 fully saturated rings. The van der Waals surface area contributed by atoms with Gasteiger partial charge in [-0.3, -0.25) is 0 Å². The lowest BCUT2D eigenvalue weighted by molar-refractivity contribution is 0.305. The Balaban J connectivity index is 2.02. The lowest BCUT2D eigenvalue weighted by Gasteiger charge is -2.19. The molecule has 0 aliphatic carbocycles. The Bertz CT molecular complexity index is 583. The molecule has 2 rings (SSSR count). The molecular formula is C17H18F2O. The molecule has 0 unspecified atom stereocenters. The van der Waals surface area contributed by atoms with Gasteiger partial charge >= 0.3 is 0 Å². The zero-order valence-electron chi connectivity index (χ0n) is 11.9. The van der Waals surface area contributed by atoms with E-state index in [0.29, 0.717) is 11.3 Å². The first kappa shape index (κ1) is 14.5. The maximum atomic E-state index is 13.1. The molecule has 0 aromatic heterocycles. The Morgan fingerprint density at radius 1 is 0.900 bits per heavy atom. The van der Waals surface area contributed by atoms with Gasteiger partial charge in [0.15, 0.2) is 11.6 Å². The van der Waals surface area contributed by atoms with E-state index in [0.717, 1.165) is 12.1 Å². The van der Waals surface area contributed by atoms with Gasteiger partial charge in [0.2, 0.25) is 0 Å². The van der Waals surface area contributed by atoms with Crippen molar-refractivity contribution in [1.29, 1.82) is 0 Å². The van der Waals surface area contributed by atoms with E-state index in [9.17, 15) is 8.78 Å². The standard InChI is InChI=1S/C17H18F2O/c1-17(2,3)13-5-7-14(8-6-13)20-11-12-4-9-15(18)16(19)10-12/h4-10H,11H2,1-3H3. The molecule has 0 radical (unpaired) electrons. The fourth-order valence-corrected chi connectivity index (χ4v) is 1.85. The first-order valence-corrected chi connectivity index (χ1v) is 6.53. The number of hydrogen-bond donors (Lipinski definition) is 0. The van der Waals surface area contributed by atoms with E-state index in [1.54, 1.807) is 0 Å². The maximum Gasteiger partial charge on any atom is 0.159 e. The summed E-state index contributed by atoms with van der Waals surface area (Å²) in [6.07, 6.45) is 0. The van der Waals surface area contributed by atoms with Crippen molar-refractivity contribution in [2.45, 2.75) is 32.8 Å². The van der Waals surface area contributed by atoms with Crippen LogP contribution in [0.15, 0.2) is 42.5 Å². The molecule has 0 heterocycles. The van der Waals surface area contributed by atoms with Crippen LogP contribution in [0.25, 0.3) is 0 Å². The molecule has 20 heavy (non-hydrogen) atoms. The van der Waals surface area contributed by atoms with Crippen LogP contribution in [0.2, 0.25) is 0 Å². The van der Waals surface area contributed by atoms with Gasteiger partial charge in [0.25, 0.3) is 0 Å². The highest BCUT2D eigenvalue weighted by atomic mass is 19.2. The molecule has 2 aromatic rings. The molecule has 0 amide bonds. The predicted octanol–water partition coefficient (Wildman–Crippen LogP) is 4.84. The Morgan fingerprint density at radius 3 is 2.10 bits per heavy atom. The van der Waals surface area contributed by atoms with Crippen LogP contribution >= 0.6 is 0 Å². The first-order chi connectivity index (χ1) is 9.36. The van der Waals surface area contributed by atoms with Gasteiger partial charge in [-0.2, -0.15) is 0 Å². The summed E-state index contributed by atoms with van der Waals surface area (Å²) in [5.74, 6) is -0.986. The third-order valence-electron chi connectivity index (χ3n) is 3.11. The molecule has 0 N–H and O–H groups in total. The van der Waals surface area contributed by atoms with E-state index in [4.69, 9.17) is 4.74 Å². The summed E-state index contributed by atoms with van der Waals surface area (Å²) in [6, 6.07) is 11.6. The summed E-state index contributed by atoms with van der Waals surface area (Å²) >= 11 is 0. The molecule has 0 spiro atoms. The van der Waals surface area contributed by atoms with E-state index in [1.807, 2.05) is 24.3 Å². The van der Waals surface area contributed by atoms with E-state index in [2.05, 4.69) is 20.8 Å². The molecule has 0 aliphatic rings. The van der Waals surface area contributed by atoms with Gasteiger partial charge in [0, 0.05) is 0 Å². The van der Waals surface area contributed by atoms with Crippen LogP contribution in [0.4, 0.5) is 8.78 Å². The van der Waals surface area contributed by atoms with E-state index in [1.165, 1.54) is 11.6 Å². The molecular weight excluding hydrogens is 258 g/mol. The second kappa shape index (κ2) is 5.61. The average molecular weight is 276 g/mol. The predicted molar refractivity (Wildman–Crippen MR) is 75.8 cm³/mol. The normalized spacial score (nSPS) is 11.4. The summed E-state index contributed by atoms with van der Waals surface area (Å²) < 4.78 is 31.4. The summed E-state index contributed by atoms with van der Waals surface area (Å²) in [5, 5.41) is 0.